The Morgan fingerprint density at radius 3 is 2.13 bits per heavy atom. The number of sulfonamides is 1. The molecule has 1 rings (SSSR count). The van der Waals surface area contributed by atoms with Crippen molar-refractivity contribution in [2.75, 3.05) is 0 Å². The van der Waals surface area contributed by atoms with Gasteiger partial charge in [-0.05, 0) is 34.1 Å². The molecule has 2 N–H and O–H groups in total. The summed E-state index contributed by atoms with van der Waals surface area (Å²) in [6.45, 7) is 0. The Hall–Kier alpha value is -0.150. The number of hydrogen-bond donors (Lipinski definition) is 1. The lowest BCUT2D eigenvalue weighted by Crippen LogP contribution is -2.12. The van der Waals surface area contributed by atoms with Gasteiger partial charge in [0.05, 0.1) is 9.79 Å². The van der Waals surface area contributed by atoms with E-state index in [-0.39, 0.29) is 14.3 Å². The van der Waals surface area contributed by atoms with Crippen molar-refractivity contribution in [1.82, 2.24) is 0 Å². The highest BCUT2D eigenvalue weighted by Crippen LogP contribution is 2.27. The van der Waals surface area contributed by atoms with Crippen molar-refractivity contribution in [3.63, 3.8) is 0 Å². The summed E-state index contributed by atoms with van der Waals surface area (Å²) in [6.07, 6.45) is 0. The molecule has 0 bridgehead atoms. The molecule has 0 spiro atoms. The highest BCUT2D eigenvalue weighted by molar-refractivity contribution is 9.10. The Kier molecular flexibility index (Phi) is 3.46. The highest BCUT2D eigenvalue weighted by Gasteiger charge is 2.18. The molecule has 15 heavy (non-hydrogen) atoms. The molecule has 84 valence electrons. The molecule has 1 aromatic rings. The van der Waals surface area contributed by atoms with E-state index in [4.69, 9.17) is 15.8 Å². The van der Waals surface area contributed by atoms with Crippen molar-refractivity contribution in [3.05, 3.63) is 22.7 Å². The minimum absolute atomic E-state index is 0.171. The standard InChI is InChI=1S/C6H5BrClNO4S2/c7-5-2-1-4(15(9,12)13)3-6(5)14(8,10)11/h1-3H,(H2,9,12,13). The molecule has 0 heterocycles. The molecule has 0 aromatic heterocycles. The van der Waals surface area contributed by atoms with Crippen LogP contribution in [0.5, 0.6) is 0 Å². The highest BCUT2D eigenvalue weighted by atomic mass is 79.9. The number of primary sulfonamides is 1. The van der Waals surface area contributed by atoms with Gasteiger partial charge in [-0.1, -0.05) is 0 Å². The molecule has 0 atom stereocenters. The van der Waals surface area contributed by atoms with Gasteiger partial charge in [0.25, 0.3) is 9.05 Å². The maximum absolute atomic E-state index is 11.0. The van der Waals surface area contributed by atoms with Gasteiger partial charge in [-0.25, -0.2) is 22.0 Å². The average Bonchev–Trinajstić information content (AvgIpc) is 2.00. The van der Waals surface area contributed by atoms with E-state index in [9.17, 15) is 16.8 Å². The van der Waals surface area contributed by atoms with Crippen molar-refractivity contribution >= 4 is 45.7 Å². The maximum atomic E-state index is 11.0. The van der Waals surface area contributed by atoms with Crippen LogP contribution in [0, 0.1) is 0 Å². The molecule has 0 aliphatic rings. The van der Waals surface area contributed by atoms with E-state index in [1.807, 2.05) is 0 Å². The Morgan fingerprint density at radius 2 is 1.73 bits per heavy atom. The zero-order chi connectivity index (χ0) is 11.9. The fraction of sp³-hybridized carbons (Fsp3) is 0. The fourth-order valence-corrected chi connectivity index (χ4v) is 3.58. The summed E-state index contributed by atoms with van der Waals surface area (Å²) in [7, 11) is -2.86. The largest absolute Gasteiger partial charge is 0.262 e. The quantitative estimate of drug-likeness (QED) is 0.817. The average molecular weight is 335 g/mol. The lowest BCUT2D eigenvalue weighted by Gasteiger charge is -2.03. The van der Waals surface area contributed by atoms with Gasteiger partial charge in [0.15, 0.2) is 0 Å². The van der Waals surface area contributed by atoms with Crippen molar-refractivity contribution in [2.24, 2.45) is 5.14 Å². The van der Waals surface area contributed by atoms with Gasteiger partial charge < -0.3 is 0 Å². The second kappa shape index (κ2) is 4.02. The minimum atomic E-state index is -4.01. The topological polar surface area (TPSA) is 94.3 Å². The van der Waals surface area contributed by atoms with Crippen molar-refractivity contribution in [3.8, 4) is 0 Å². The van der Waals surface area contributed by atoms with Crippen LogP contribution >= 0.6 is 26.6 Å². The summed E-state index contributed by atoms with van der Waals surface area (Å²) >= 11 is 2.93. The van der Waals surface area contributed by atoms with Gasteiger partial charge in [0, 0.05) is 15.2 Å². The third-order valence-electron chi connectivity index (χ3n) is 1.49. The monoisotopic (exact) mass is 333 g/mol. The first kappa shape index (κ1) is 12.9. The molecular formula is C6H5BrClNO4S2. The van der Waals surface area contributed by atoms with Crippen LogP contribution < -0.4 is 5.14 Å². The lowest BCUT2D eigenvalue weighted by molar-refractivity contribution is 0.597. The third kappa shape index (κ3) is 3.15. The third-order valence-corrected chi connectivity index (χ3v) is 4.72. The summed E-state index contributed by atoms with van der Waals surface area (Å²) in [4.78, 5) is -0.652. The fourth-order valence-electron chi connectivity index (χ4n) is 0.848. The van der Waals surface area contributed by atoms with E-state index < -0.39 is 19.1 Å². The van der Waals surface area contributed by atoms with Crippen molar-refractivity contribution < 1.29 is 16.8 Å². The predicted molar refractivity (Wildman–Crippen MR) is 58.6 cm³/mol. The molecule has 0 fully saturated rings. The first-order valence-corrected chi connectivity index (χ1v) is 8.04. The van der Waals surface area contributed by atoms with Crippen LogP contribution in [0.25, 0.3) is 0 Å². The Bertz CT molecular complexity index is 596. The van der Waals surface area contributed by atoms with Gasteiger partial charge in [-0.3, -0.25) is 0 Å². The smallest absolute Gasteiger partial charge is 0.225 e. The number of rotatable bonds is 2. The summed E-state index contributed by atoms with van der Waals surface area (Å²) in [5.74, 6) is 0. The van der Waals surface area contributed by atoms with E-state index in [1.165, 1.54) is 12.1 Å². The number of halogens is 2. The van der Waals surface area contributed by atoms with Gasteiger partial charge in [-0.15, -0.1) is 0 Å². The van der Waals surface area contributed by atoms with Crippen molar-refractivity contribution in [2.45, 2.75) is 9.79 Å². The molecule has 0 amide bonds. The molecule has 0 saturated heterocycles. The number of hydrogen-bond acceptors (Lipinski definition) is 4. The second-order valence-electron chi connectivity index (χ2n) is 2.58. The second-order valence-corrected chi connectivity index (χ2v) is 7.53. The van der Waals surface area contributed by atoms with Crippen LogP contribution in [0.2, 0.25) is 0 Å². The Morgan fingerprint density at radius 1 is 1.20 bits per heavy atom. The minimum Gasteiger partial charge on any atom is -0.225 e. The number of nitrogens with two attached hydrogens (primary N) is 1. The first-order valence-electron chi connectivity index (χ1n) is 3.39. The Balaban J connectivity index is 3.57. The van der Waals surface area contributed by atoms with Crippen LogP contribution in [-0.2, 0) is 19.1 Å². The van der Waals surface area contributed by atoms with Crippen molar-refractivity contribution in [1.29, 1.82) is 0 Å². The SMILES string of the molecule is NS(=O)(=O)c1ccc(Br)c(S(=O)(=O)Cl)c1. The lowest BCUT2D eigenvalue weighted by atomic mass is 10.4. The van der Waals surface area contributed by atoms with Gasteiger partial charge in [0.2, 0.25) is 10.0 Å². The summed E-state index contributed by atoms with van der Waals surface area (Å²) in [6, 6.07) is 3.31. The first-order chi connectivity index (χ1) is 6.62. The van der Waals surface area contributed by atoms with E-state index in [0.717, 1.165) is 6.07 Å². The molecule has 0 aliphatic carbocycles. The molecular weight excluding hydrogens is 330 g/mol. The zero-order valence-corrected chi connectivity index (χ0v) is 11.0. The summed E-state index contributed by atoms with van der Waals surface area (Å²) in [5, 5.41) is 4.84. The Labute approximate surface area is 99.8 Å². The van der Waals surface area contributed by atoms with Crippen LogP contribution in [0.15, 0.2) is 32.5 Å². The van der Waals surface area contributed by atoms with Crippen LogP contribution in [-0.4, -0.2) is 16.8 Å². The van der Waals surface area contributed by atoms with Gasteiger partial charge in [-0.2, -0.15) is 0 Å². The van der Waals surface area contributed by atoms with E-state index in [2.05, 4.69) is 15.9 Å². The van der Waals surface area contributed by atoms with E-state index in [1.54, 1.807) is 0 Å². The maximum Gasteiger partial charge on any atom is 0.262 e. The van der Waals surface area contributed by atoms with E-state index in [0.29, 0.717) is 0 Å². The van der Waals surface area contributed by atoms with Gasteiger partial charge >= 0.3 is 0 Å². The number of benzene rings is 1. The summed E-state index contributed by atoms with van der Waals surface area (Å²) < 4.78 is 44.1. The van der Waals surface area contributed by atoms with Crippen LogP contribution in [0.1, 0.15) is 0 Å². The molecule has 9 heteroatoms. The molecule has 0 aliphatic heterocycles. The molecule has 0 unspecified atom stereocenters. The molecule has 0 saturated carbocycles. The summed E-state index contributed by atoms with van der Waals surface area (Å²) in [5.41, 5.74) is 0. The zero-order valence-electron chi connectivity index (χ0n) is 7.01. The predicted octanol–water partition coefficient (Wildman–Crippen LogP) is 1.02. The molecule has 0 radical (unpaired) electrons. The van der Waals surface area contributed by atoms with Crippen LogP contribution in [0.3, 0.4) is 0 Å². The van der Waals surface area contributed by atoms with E-state index >= 15 is 0 Å². The molecule has 5 nitrogen and oxygen atoms in total. The van der Waals surface area contributed by atoms with Crippen LogP contribution in [0.4, 0.5) is 0 Å². The normalized spacial score (nSPS) is 12.7. The van der Waals surface area contributed by atoms with Gasteiger partial charge in [0.1, 0.15) is 0 Å². The molecule has 1 aromatic carbocycles.